The molecule has 0 spiro atoms. The number of carbonyl (C=O) groups excluding carboxylic acids is 1. The third kappa shape index (κ3) is 7.35. The zero-order valence-corrected chi connectivity index (χ0v) is 15.3. The Morgan fingerprint density at radius 3 is 2.44 bits per heavy atom. The molecule has 0 aliphatic heterocycles. The van der Waals surface area contributed by atoms with E-state index >= 15 is 0 Å². The Morgan fingerprint density at radius 1 is 1.36 bits per heavy atom. The maximum atomic E-state index is 12.0. The van der Waals surface area contributed by atoms with Crippen LogP contribution in [-0.2, 0) is 14.3 Å². The van der Waals surface area contributed by atoms with Crippen molar-refractivity contribution in [2.24, 2.45) is 11.5 Å². The first kappa shape index (κ1) is 21.3. The molecule has 0 aliphatic rings. The summed E-state index contributed by atoms with van der Waals surface area (Å²) in [6, 6.07) is 5.34. The summed E-state index contributed by atoms with van der Waals surface area (Å²) in [5.74, 6) is -1.99. The third-order valence-corrected chi connectivity index (χ3v) is 4.22. The van der Waals surface area contributed by atoms with E-state index in [1.165, 1.54) is 0 Å². The van der Waals surface area contributed by atoms with Crippen LogP contribution in [0.3, 0.4) is 0 Å². The number of aliphatic carboxylic acids is 1. The first-order chi connectivity index (χ1) is 11.7. The average molecular weight is 388 g/mol. The fourth-order valence-corrected chi connectivity index (χ4v) is 2.25. The van der Waals surface area contributed by atoms with Gasteiger partial charge in [-0.15, -0.1) is 0 Å². The van der Waals surface area contributed by atoms with Crippen LogP contribution in [0.25, 0.3) is 0 Å². The molecule has 25 heavy (non-hydrogen) atoms. The predicted octanol–water partition coefficient (Wildman–Crippen LogP) is 1.03. The van der Waals surface area contributed by atoms with E-state index in [4.69, 9.17) is 45.1 Å². The van der Waals surface area contributed by atoms with E-state index < -0.39 is 24.0 Å². The van der Waals surface area contributed by atoms with Gasteiger partial charge in [0.05, 0.1) is 17.5 Å². The molecule has 3 atom stereocenters. The number of carboxylic acids is 1. The minimum absolute atomic E-state index is 0.0300. The fraction of sp³-hybridized carbons (Fsp3) is 0.438. The number of rotatable bonds is 9. The summed E-state index contributed by atoms with van der Waals surface area (Å²) in [6.45, 7) is 1.50. The van der Waals surface area contributed by atoms with Crippen molar-refractivity contribution < 1.29 is 19.4 Å². The SMILES string of the molecule is C[C@H](N)C(=S)N[C@@H](COC(=O)C[C@@H](CN)c1ccc(Cl)cc1)C(=O)O. The predicted molar refractivity (Wildman–Crippen MR) is 99.6 cm³/mol. The second-order valence-corrected chi connectivity index (χ2v) is 6.44. The number of hydrogen-bond donors (Lipinski definition) is 4. The highest BCUT2D eigenvalue weighted by Gasteiger charge is 2.23. The normalized spacial score (nSPS) is 14.2. The van der Waals surface area contributed by atoms with Gasteiger partial charge in [-0.25, -0.2) is 4.79 Å². The first-order valence-electron chi connectivity index (χ1n) is 7.64. The molecule has 0 amide bonds. The molecule has 138 valence electrons. The molecule has 6 N–H and O–H groups in total. The molecule has 0 bridgehead atoms. The van der Waals surface area contributed by atoms with Gasteiger partial charge < -0.3 is 26.6 Å². The number of nitrogens with one attached hydrogen (secondary N) is 1. The van der Waals surface area contributed by atoms with Crippen LogP contribution in [0.1, 0.15) is 24.8 Å². The number of carboxylic acid groups (broad SMARTS) is 1. The molecular weight excluding hydrogens is 366 g/mol. The van der Waals surface area contributed by atoms with Crippen LogP contribution in [0.15, 0.2) is 24.3 Å². The van der Waals surface area contributed by atoms with Gasteiger partial charge >= 0.3 is 11.9 Å². The number of carbonyl (C=O) groups is 2. The summed E-state index contributed by atoms with van der Waals surface area (Å²) >= 11 is 10.8. The third-order valence-electron chi connectivity index (χ3n) is 3.48. The molecule has 0 fully saturated rings. The molecule has 1 aromatic carbocycles. The lowest BCUT2D eigenvalue weighted by Gasteiger charge is -2.19. The van der Waals surface area contributed by atoms with E-state index in [1.54, 1.807) is 31.2 Å². The minimum atomic E-state index is -1.19. The Hall–Kier alpha value is -1.74. The first-order valence-corrected chi connectivity index (χ1v) is 8.43. The summed E-state index contributed by atoms with van der Waals surface area (Å²) in [6.07, 6.45) is 0.0300. The lowest BCUT2D eigenvalue weighted by atomic mass is 9.96. The van der Waals surface area contributed by atoms with Crippen LogP contribution in [0, 0.1) is 0 Å². The van der Waals surface area contributed by atoms with E-state index in [9.17, 15) is 9.59 Å². The van der Waals surface area contributed by atoms with Gasteiger partial charge in [0.2, 0.25) is 0 Å². The monoisotopic (exact) mass is 387 g/mol. The number of thiocarbonyl (C=S) groups is 1. The topological polar surface area (TPSA) is 128 Å². The van der Waals surface area contributed by atoms with Crippen molar-refractivity contribution in [1.29, 1.82) is 0 Å². The zero-order valence-electron chi connectivity index (χ0n) is 13.8. The Bertz CT molecular complexity index is 610. The van der Waals surface area contributed by atoms with E-state index in [1.807, 2.05) is 0 Å². The molecule has 0 saturated heterocycles. The molecule has 1 aromatic rings. The Kier molecular flexibility index (Phi) is 8.77. The molecule has 7 nitrogen and oxygen atoms in total. The second kappa shape index (κ2) is 10.3. The Balaban J connectivity index is 2.59. The van der Waals surface area contributed by atoms with E-state index in [2.05, 4.69) is 5.32 Å². The van der Waals surface area contributed by atoms with Crippen molar-refractivity contribution in [2.75, 3.05) is 13.2 Å². The van der Waals surface area contributed by atoms with Crippen molar-refractivity contribution in [3.05, 3.63) is 34.9 Å². The molecule has 1 rings (SSSR count). The van der Waals surface area contributed by atoms with Crippen LogP contribution in [0.5, 0.6) is 0 Å². The van der Waals surface area contributed by atoms with Crippen LogP contribution in [0.4, 0.5) is 0 Å². The number of esters is 1. The lowest BCUT2D eigenvalue weighted by Crippen LogP contribution is -2.48. The molecule has 0 radical (unpaired) electrons. The summed E-state index contributed by atoms with van der Waals surface area (Å²) in [5, 5.41) is 12.3. The Morgan fingerprint density at radius 2 is 1.96 bits per heavy atom. The Labute approximate surface area is 156 Å². The van der Waals surface area contributed by atoms with E-state index in [0.29, 0.717) is 5.02 Å². The maximum absolute atomic E-state index is 12.0. The second-order valence-electron chi connectivity index (χ2n) is 5.56. The highest BCUT2D eigenvalue weighted by Crippen LogP contribution is 2.21. The van der Waals surface area contributed by atoms with Crippen LogP contribution >= 0.6 is 23.8 Å². The highest BCUT2D eigenvalue weighted by molar-refractivity contribution is 7.80. The van der Waals surface area contributed by atoms with E-state index in [-0.39, 0.29) is 30.5 Å². The van der Waals surface area contributed by atoms with Gasteiger partial charge in [-0.1, -0.05) is 36.0 Å². The highest BCUT2D eigenvalue weighted by atomic mass is 35.5. The summed E-state index contributed by atoms with van der Waals surface area (Å²) < 4.78 is 5.06. The lowest BCUT2D eigenvalue weighted by molar-refractivity contribution is -0.148. The van der Waals surface area contributed by atoms with Crippen LogP contribution in [-0.4, -0.2) is 47.3 Å². The van der Waals surface area contributed by atoms with Crippen molar-refractivity contribution in [2.45, 2.75) is 31.3 Å². The van der Waals surface area contributed by atoms with Crippen molar-refractivity contribution in [3.63, 3.8) is 0 Å². The van der Waals surface area contributed by atoms with Crippen molar-refractivity contribution in [3.8, 4) is 0 Å². The molecule has 0 unspecified atom stereocenters. The largest absolute Gasteiger partial charge is 0.480 e. The standard InChI is InChI=1S/C16H22ClN3O4S/c1-9(19)15(25)20-13(16(22)23)8-24-14(21)6-11(7-18)10-2-4-12(17)5-3-10/h2-5,9,11,13H,6-8,18-19H2,1H3,(H,20,25)(H,22,23)/t9-,11-,13-/m0/s1. The quantitative estimate of drug-likeness (QED) is 0.365. The maximum Gasteiger partial charge on any atom is 0.329 e. The number of nitrogens with two attached hydrogens (primary N) is 2. The van der Waals surface area contributed by atoms with Crippen molar-refractivity contribution in [1.82, 2.24) is 5.32 Å². The fourth-order valence-electron chi connectivity index (χ4n) is 1.99. The summed E-state index contributed by atoms with van der Waals surface area (Å²) in [4.78, 5) is 23.4. The number of benzene rings is 1. The van der Waals surface area contributed by atoms with Crippen LogP contribution in [0.2, 0.25) is 5.02 Å². The summed E-state index contributed by atoms with van der Waals surface area (Å²) in [5.41, 5.74) is 12.1. The molecule has 0 aromatic heterocycles. The number of halogens is 1. The van der Waals surface area contributed by atoms with Gasteiger partial charge in [-0.05, 0) is 31.2 Å². The number of hydrogen-bond acceptors (Lipinski definition) is 6. The van der Waals surface area contributed by atoms with Gasteiger partial charge in [0.15, 0.2) is 6.04 Å². The van der Waals surface area contributed by atoms with Gasteiger partial charge in [0.25, 0.3) is 0 Å². The summed E-state index contributed by atoms with van der Waals surface area (Å²) in [7, 11) is 0. The van der Waals surface area contributed by atoms with Gasteiger partial charge in [0, 0.05) is 10.9 Å². The van der Waals surface area contributed by atoms with Crippen molar-refractivity contribution >= 4 is 40.7 Å². The van der Waals surface area contributed by atoms with E-state index in [0.717, 1.165) is 5.56 Å². The van der Waals surface area contributed by atoms with Gasteiger partial charge in [-0.3, -0.25) is 4.79 Å². The van der Waals surface area contributed by atoms with Gasteiger partial charge in [-0.2, -0.15) is 0 Å². The average Bonchev–Trinajstić information content (AvgIpc) is 2.56. The molecular formula is C16H22ClN3O4S. The molecule has 0 heterocycles. The number of ether oxygens (including phenoxy) is 1. The van der Waals surface area contributed by atoms with Crippen LogP contribution < -0.4 is 16.8 Å². The smallest absolute Gasteiger partial charge is 0.329 e. The molecule has 0 aliphatic carbocycles. The zero-order chi connectivity index (χ0) is 19.0. The minimum Gasteiger partial charge on any atom is -0.480 e. The molecule has 9 heteroatoms. The van der Waals surface area contributed by atoms with Gasteiger partial charge in [0.1, 0.15) is 6.61 Å². The molecule has 0 saturated carbocycles.